The van der Waals surface area contributed by atoms with Crippen LogP contribution in [0.3, 0.4) is 0 Å². The molecule has 9 heteroatoms. The van der Waals surface area contributed by atoms with Gasteiger partial charge in [0.15, 0.2) is 0 Å². The first-order valence-corrected chi connectivity index (χ1v) is 7.07. The Morgan fingerprint density at radius 3 is 2.08 bits per heavy atom. The fraction of sp³-hybridized carbons (Fsp3) is 0.125. The van der Waals surface area contributed by atoms with Gasteiger partial charge in [-0.1, -0.05) is 18.2 Å². The molecule has 0 aliphatic heterocycles. The lowest BCUT2D eigenvalue weighted by Gasteiger charge is -2.10. The Balaban J connectivity index is 1.77. The van der Waals surface area contributed by atoms with Gasteiger partial charge in [-0.25, -0.2) is 4.79 Å². The van der Waals surface area contributed by atoms with E-state index in [4.69, 9.17) is 0 Å². The molecule has 0 saturated heterocycles. The molecular formula is C16H14F3N3O3. The first-order valence-electron chi connectivity index (χ1n) is 7.07. The number of ether oxygens (including phenoxy) is 1. The molecule has 0 aliphatic carbocycles. The number of benzene rings is 2. The molecule has 0 aliphatic rings. The Morgan fingerprint density at radius 2 is 1.48 bits per heavy atom. The standard InChI is InChI=1S/C16H14F3N3O3/c17-16(18,19)25-13-8-6-12(7-9-13)21-14(23)10-20-15(24)22-11-4-2-1-3-5-11/h1-9H,10H2,(H,21,23)(H2,20,22,24). The number of carbonyl (C=O) groups excluding carboxylic acids is 2. The Morgan fingerprint density at radius 1 is 0.880 bits per heavy atom. The summed E-state index contributed by atoms with van der Waals surface area (Å²) in [6.07, 6.45) is -4.78. The summed E-state index contributed by atoms with van der Waals surface area (Å²) in [7, 11) is 0. The second-order valence-corrected chi connectivity index (χ2v) is 4.79. The molecule has 0 unspecified atom stereocenters. The van der Waals surface area contributed by atoms with E-state index in [1.54, 1.807) is 30.3 Å². The van der Waals surface area contributed by atoms with Gasteiger partial charge in [0.25, 0.3) is 0 Å². The molecule has 0 aromatic heterocycles. The zero-order valence-electron chi connectivity index (χ0n) is 12.8. The van der Waals surface area contributed by atoms with E-state index in [9.17, 15) is 22.8 Å². The van der Waals surface area contributed by atoms with Gasteiger partial charge in [0.05, 0.1) is 6.54 Å². The van der Waals surface area contributed by atoms with Crippen molar-refractivity contribution in [3.8, 4) is 5.75 Å². The number of hydrogen-bond acceptors (Lipinski definition) is 3. The van der Waals surface area contributed by atoms with Crippen molar-refractivity contribution >= 4 is 23.3 Å². The Kier molecular flexibility index (Phi) is 5.83. The second kappa shape index (κ2) is 8.04. The zero-order valence-corrected chi connectivity index (χ0v) is 12.8. The average Bonchev–Trinajstić information content (AvgIpc) is 2.54. The predicted molar refractivity (Wildman–Crippen MR) is 85.2 cm³/mol. The molecular weight excluding hydrogens is 339 g/mol. The normalized spacial score (nSPS) is 10.7. The van der Waals surface area contributed by atoms with Crippen LogP contribution in [0.2, 0.25) is 0 Å². The number of amides is 3. The third-order valence-corrected chi connectivity index (χ3v) is 2.81. The van der Waals surface area contributed by atoms with Crippen molar-refractivity contribution in [1.82, 2.24) is 5.32 Å². The molecule has 0 radical (unpaired) electrons. The van der Waals surface area contributed by atoms with Crippen LogP contribution in [0.1, 0.15) is 0 Å². The number of carbonyl (C=O) groups is 2. The predicted octanol–water partition coefficient (Wildman–Crippen LogP) is 3.35. The van der Waals surface area contributed by atoms with E-state index in [1.807, 2.05) is 0 Å². The van der Waals surface area contributed by atoms with Crippen LogP contribution in [0, 0.1) is 0 Å². The average molecular weight is 353 g/mol. The SMILES string of the molecule is O=C(CNC(=O)Nc1ccccc1)Nc1ccc(OC(F)(F)F)cc1. The maximum absolute atomic E-state index is 12.0. The van der Waals surface area contributed by atoms with E-state index in [2.05, 4.69) is 20.7 Å². The monoisotopic (exact) mass is 353 g/mol. The molecule has 0 spiro atoms. The minimum Gasteiger partial charge on any atom is -0.406 e. The summed E-state index contributed by atoms with van der Waals surface area (Å²) in [6.45, 7) is -0.306. The lowest BCUT2D eigenvalue weighted by Crippen LogP contribution is -2.35. The van der Waals surface area contributed by atoms with E-state index in [-0.39, 0.29) is 12.2 Å². The molecule has 6 nitrogen and oxygen atoms in total. The van der Waals surface area contributed by atoms with Crippen LogP contribution >= 0.6 is 0 Å². The highest BCUT2D eigenvalue weighted by atomic mass is 19.4. The summed E-state index contributed by atoms with van der Waals surface area (Å²) in [5.74, 6) is -0.932. The summed E-state index contributed by atoms with van der Waals surface area (Å²) < 4.78 is 39.9. The summed E-state index contributed by atoms with van der Waals surface area (Å²) in [6, 6.07) is 12.7. The van der Waals surface area contributed by atoms with Crippen LogP contribution in [0.4, 0.5) is 29.3 Å². The molecule has 2 rings (SSSR count). The number of rotatable bonds is 5. The number of para-hydroxylation sites is 1. The van der Waals surface area contributed by atoms with Crippen LogP contribution < -0.4 is 20.7 Å². The van der Waals surface area contributed by atoms with E-state index < -0.39 is 24.1 Å². The summed E-state index contributed by atoms with van der Waals surface area (Å²) in [5.41, 5.74) is 0.838. The molecule has 3 amide bonds. The maximum Gasteiger partial charge on any atom is 0.573 e. The fourth-order valence-electron chi connectivity index (χ4n) is 1.80. The third kappa shape index (κ3) is 6.81. The Hall–Kier alpha value is -3.23. The topological polar surface area (TPSA) is 79.5 Å². The third-order valence-electron chi connectivity index (χ3n) is 2.81. The van der Waals surface area contributed by atoms with Crippen molar-refractivity contribution in [2.75, 3.05) is 17.2 Å². The molecule has 0 saturated carbocycles. The fourth-order valence-corrected chi connectivity index (χ4v) is 1.80. The van der Waals surface area contributed by atoms with Crippen LogP contribution in [-0.2, 0) is 4.79 Å². The van der Waals surface area contributed by atoms with Crippen LogP contribution in [0.5, 0.6) is 5.75 Å². The first-order chi connectivity index (χ1) is 11.8. The lowest BCUT2D eigenvalue weighted by molar-refractivity contribution is -0.274. The van der Waals surface area contributed by atoms with E-state index >= 15 is 0 Å². The van der Waals surface area contributed by atoms with Crippen LogP contribution in [-0.4, -0.2) is 24.8 Å². The van der Waals surface area contributed by atoms with Crippen LogP contribution in [0.25, 0.3) is 0 Å². The molecule has 0 fully saturated rings. The van der Waals surface area contributed by atoms with Gasteiger partial charge >= 0.3 is 12.4 Å². The van der Waals surface area contributed by atoms with E-state index in [0.29, 0.717) is 5.69 Å². The van der Waals surface area contributed by atoms with Gasteiger partial charge in [-0.05, 0) is 36.4 Å². The van der Waals surface area contributed by atoms with Gasteiger partial charge in [0, 0.05) is 11.4 Å². The molecule has 25 heavy (non-hydrogen) atoms. The van der Waals surface area contributed by atoms with Crippen molar-refractivity contribution in [2.24, 2.45) is 0 Å². The van der Waals surface area contributed by atoms with Crippen molar-refractivity contribution in [2.45, 2.75) is 6.36 Å². The summed E-state index contributed by atoms with van der Waals surface area (Å²) >= 11 is 0. The van der Waals surface area contributed by atoms with Gasteiger partial charge in [0.1, 0.15) is 5.75 Å². The van der Waals surface area contributed by atoms with E-state index in [0.717, 1.165) is 12.1 Å². The highest BCUT2D eigenvalue weighted by molar-refractivity contribution is 5.96. The van der Waals surface area contributed by atoms with Gasteiger partial charge in [-0.3, -0.25) is 4.79 Å². The molecule has 132 valence electrons. The maximum atomic E-state index is 12.0. The molecule has 2 aromatic rings. The van der Waals surface area contributed by atoms with Crippen molar-refractivity contribution in [1.29, 1.82) is 0 Å². The number of anilines is 2. The highest BCUT2D eigenvalue weighted by Gasteiger charge is 2.30. The number of nitrogens with one attached hydrogen (secondary N) is 3. The van der Waals surface area contributed by atoms with Crippen molar-refractivity contribution < 1.29 is 27.5 Å². The van der Waals surface area contributed by atoms with Gasteiger partial charge in [0.2, 0.25) is 5.91 Å². The first kappa shape index (κ1) is 18.1. The van der Waals surface area contributed by atoms with Crippen LogP contribution in [0.15, 0.2) is 54.6 Å². The number of urea groups is 1. The minimum atomic E-state index is -4.78. The molecule has 3 N–H and O–H groups in total. The van der Waals surface area contributed by atoms with E-state index in [1.165, 1.54) is 12.1 Å². The van der Waals surface area contributed by atoms with Crippen molar-refractivity contribution in [3.63, 3.8) is 0 Å². The van der Waals surface area contributed by atoms with Gasteiger partial charge in [-0.15, -0.1) is 13.2 Å². The molecule has 2 aromatic carbocycles. The number of alkyl halides is 3. The molecule has 0 atom stereocenters. The zero-order chi connectivity index (χ0) is 18.3. The van der Waals surface area contributed by atoms with Gasteiger partial charge < -0.3 is 20.7 Å². The smallest absolute Gasteiger partial charge is 0.406 e. The van der Waals surface area contributed by atoms with Crippen molar-refractivity contribution in [3.05, 3.63) is 54.6 Å². The highest BCUT2D eigenvalue weighted by Crippen LogP contribution is 2.23. The largest absolute Gasteiger partial charge is 0.573 e. The molecule has 0 heterocycles. The quantitative estimate of drug-likeness (QED) is 0.771. The summed E-state index contributed by atoms with van der Waals surface area (Å²) in [5, 5.41) is 7.33. The van der Waals surface area contributed by atoms with Gasteiger partial charge in [-0.2, -0.15) is 0 Å². The molecule has 0 bridgehead atoms. The lowest BCUT2D eigenvalue weighted by atomic mass is 10.3. The number of halogens is 3. The summed E-state index contributed by atoms with van der Waals surface area (Å²) in [4.78, 5) is 23.3. The number of hydrogen-bond donors (Lipinski definition) is 3. The Labute approximate surface area is 141 Å². The minimum absolute atomic E-state index is 0.268. The second-order valence-electron chi connectivity index (χ2n) is 4.79. The Bertz CT molecular complexity index is 719.